The van der Waals surface area contributed by atoms with Gasteiger partial charge in [-0.3, -0.25) is 9.78 Å². The molecular weight excluding hydrogens is 476 g/mol. The molecule has 1 N–H and O–H groups in total. The van der Waals surface area contributed by atoms with Crippen molar-refractivity contribution in [2.75, 3.05) is 0 Å². The third-order valence-corrected chi connectivity index (χ3v) is 5.51. The van der Waals surface area contributed by atoms with Crippen LogP contribution in [0.4, 0.5) is 17.6 Å². The number of halogens is 5. The van der Waals surface area contributed by atoms with Crippen LogP contribution in [0.5, 0.6) is 5.75 Å². The first-order valence-electron chi connectivity index (χ1n) is 9.88. The molecule has 0 saturated heterocycles. The van der Waals surface area contributed by atoms with Crippen molar-refractivity contribution in [2.24, 2.45) is 0 Å². The average molecular weight is 489 g/mol. The molecule has 0 saturated carbocycles. The molecule has 1 aliphatic rings. The van der Waals surface area contributed by atoms with Crippen LogP contribution >= 0.6 is 11.6 Å². The molecule has 0 bridgehead atoms. The fraction of sp³-hybridized carbons (Fsp3) is 0.0870. The molecule has 2 aromatic carbocycles. The second-order valence-corrected chi connectivity index (χ2v) is 7.75. The largest absolute Gasteiger partial charge is 0.435 e. The molecule has 0 unspecified atom stereocenters. The number of nitrogens with one attached hydrogen (secondary N) is 1. The molecule has 4 aromatic rings. The van der Waals surface area contributed by atoms with Gasteiger partial charge in [-0.25, -0.2) is 13.5 Å². The van der Waals surface area contributed by atoms with Crippen molar-refractivity contribution in [2.45, 2.75) is 13.2 Å². The van der Waals surface area contributed by atoms with E-state index in [0.717, 1.165) is 18.2 Å². The topological polar surface area (TPSA) is 69.0 Å². The number of nitrogens with zero attached hydrogens (tertiary/aromatic N) is 3. The normalized spacial score (nSPS) is 12.7. The summed E-state index contributed by atoms with van der Waals surface area (Å²) in [7, 11) is 0. The van der Waals surface area contributed by atoms with E-state index in [1.807, 2.05) is 0 Å². The maximum Gasteiger partial charge on any atom is 0.387 e. The minimum absolute atomic E-state index is 0.164. The number of carbonyl (C=O) groups excluding carboxylic acids is 1. The Kier molecular flexibility index (Phi) is 5.45. The summed E-state index contributed by atoms with van der Waals surface area (Å²) >= 11 is 5.95. The Labute approximate surface area is 194 Å². The quantitative estimate of drug-likeness (QED) is 0.383. The van der Waals surface area contributed by atoms with E-state index >= 15 is 0 Å². The van der Waals surface area contributed by atoms with Crippen LogP contribution in [-0.2, 0) is 6.54 Å². The Bertz CT molecular complexity index is 1440. The van der Waals surface area contributed by atoms with Gasteiger partial charge in [-0.15, -0.1) is 0 Å². The monoisotopic (exact) mass is 488 g/mol. The van der Waals surface area contributed by atoms with Gasteiger partial charge in [-0.2, -0.15) is 13.9 Å². The first-order chi connectivity index (χ1) is 16.3. The van der Waals surface area contributed by atoms with Crippen LogP contribution in [0.2, 0.25) is 5.02 Å². The lowest BCUT2D eigenvalue weighted by Crippen LogP contribution is -2.12. The number of alkyl halides is 2. The summed E-state index contributed by atoms with van der Waals surface area (Å²) in [6.07, 6.45) is 1.46. The minimum Gasteiger partial charge on any atom is -0.435 e. The molecule has 172 valence electrons. The molecule has 6 nitrogen and oxygen atoms in total. The van der Waals surface area contributed by atoms with E-state index in [1.165, 1.54) is 29.1 Å². The first-order valence-corrected chi connectivity index (χ1v) is 10.3. The Hall–Kier alpha value is -3.92. The molecule has 5 rings (SSSR count). The molecule has 11 heteroatoms. The van der Waals surface area contributed by atoms with Gasteiger partial charge < -0.3 is 10.1 Å². The standard InChI is InChI=1S/C23H13ClF4N4O2/c24-17-8-13(1-2-18(17)26)32-20(11-5-12(25)7-14(6-11)34-23(27)28)9-19(31-32)21-16-10-30-22(33)15(16)3-4-29-21/h1-9,23H,10H2,(H,30,33). The average Bonchev–Trinajstić information content (AvgIpc) is 3.39. The molecule has 0 spiro atoms. The van der Waals surface area contributed by atoms with Crippen LogP contribution < -0.4 is 10.1 Å². The van der Waals surface area contributed by atoms with Gasteiger partial charge in [0.05, 0.1) is 22.1 Å². The van der Waals surface area contributed by atoms with Crippen LogP contribution in [0, 0.1) is 11.6 Å². The van der Waals surface area contributed by atoms with Crippen molar-refractivity contribution in [1.82, 2.24) is 20.1 Å². The maximum absolute atomic E-state index is 14.3. The molecule has 34 heavy (non-hydrogen) atoms. The van der Waals surface area contributed by atoms with Crippen LogP contribution in [0.1, 0.15) is 15.9 Å². The lowest BCUT2D eigenvalue weighted by molar-refractivity contribution is -0.0499. The summed E-state index contributed by atoms with van der Waals surface area (Å²) in [5.74, 6) is -2.09. The fourth-order valence-electron chi connectivity index (χ4n) is 3.77. The summed E-state index contributed by atoms with van der Waals surface area (Å²) in [6.45, 7) is -2.90. The number of benzene rings is 2. The molecule has 1 amide bonds. The SMILES string of the molecule is O=C1NCc2c1ccnc2-c1cc(-c2cc(F)cc(OC(F)F)c2)n(-c2ccc(F)c(Cl)c2)n1. The molecular formula is C23H13ClF4N4O2. The Balaban J connectivity index is 1.72. The predicted octanol–water partition coefficient (Wildman–Crippen LogP) is 5.38. The summed E-state index contributed by atoms with van der Waals surface area (Å²) in [4.78, 5) is 16.4. The summed E-state index contributed by atoms with van der Waals surface area (Å²) in [6, 6.07) is 10.2. The number of carbonyl (C=O) groups is 1. The van der Waals surface area contributed by atoms with Gasteiger partial charge in [0.1, 0.15) is 23.1 Å². The van der Waals surface area contributed by atoms with Crippen molar-refractivity contribution in [3.63, 3.8) is 0 Å². The lowest BCUT2D eigenvalue weighted by Gasteiger charge is -2.11. The van der Waals surface area contributed by atoms with Gasteiger partial charge in [0.2, 0.25) is 0 Å². The van der Waals surface area contributed by atoms with Gasteiger partial charge in [0.15, 0.2) is 0 Å². The highest BCUT2D eigenvalue weighted by Gasteiger charge is 2.25. The Morgan fingerprint density at radius 3 is 2.68 bits per heavy atom. The van der Waals surface area contributed by atoms with Crippen LogP contribution in [0.3, 0.4) is 0 Å². The summed E-state index contributed by atoms with van der Waals surface area (Å²) in [5.41, 5.74) is 2.57. The fourth-order valence-corrected chi connectivity index (χ4v) is 3.94. The number of hydrogen-bond acceptors (Lipinski definition) is 4. The number of ether oxygens (including phenoxy) is 1. The molecule has 0 radical (unpaired) electrons. The van der Waals surface area contributed by atoms with Gasteiger partial charge >= 0.3 is 6.61 Å². The van der Waals surface area contributed by atoms with Crippen LogP contribution in [0.15, 0.2) is 54.7 Å². The third kappa shape index (κ3) is 3.96. The van der Waals surface area contributed by atoms with E-state index in [9.17, 15) is 22.4 Å². The zero-order chi connectivity index (χ0) is 24.0. The van der Waals surface area contributed by atoms with Gasteiger partial charge in [0, 0.05) is 35.5 Å². The maximum atomic E-state index is 14.3. The highest BCUT2D eigenvalue weighted by atomic mass is 35.5. The molecule has 0 fully saturated rings. The highest BCUT2D eigenvalue weighted by Crippen LogP contribution is 2.34. The van der Waals surface area contributed by atoms with E-state index in [4.69, 9.17) is 11.6 Å². The third-order valence-electron chi connectivity index (χ3n) is 5.22. The van der Waals surface area contributed by atoms with Crippen molar-refractivity contribution < 1.29 is 27.1 Å². The second kappa shape index (κ2) is 8.45. The number of fused-ring (bicyclic) bond motifs is 1. The summed E-state index contributed by atoms with van der Waals surface area (Å²) in [5, 5.41) is 7.09. The predicted molar refractivity (Wildman–Crippen MR) is 115 cm³/mol. The van der Waals surface area contributed by atoms with Crippen LogP contribution in [0.25, 0.3) is 28.3 Å². The number of amides is 1. The van der Waals surface area contributed by atoms with E-state index in [0.29, 0.717) is 28.2 Å². The van der Waals surface area contributed by atoms with E-state index in [1.54, 1.807) is 12.1 Å². The Morgan fingerprint density at radius 1 is 1.09 bits per heavy atom. The molecule has 3 heterocycles. The van der Waals surface area contributed by atoms with Gasteiger partial charge in [0.25, 0.3) is 5.91 Å². The summed E-state index contributed by atoms with van der Waals surface area (Å²) < 4.78 is 59.3. The van der Waals surface area contributed by atoms with Crippen molar-refractivity contribution in [3.05, 3.63) is 82.5 Å². The van der Waals surface area contributed by atoms with Crippen molar-refractivity contribution >= 4 is 17.5 Å². The highest BCUT2D eigenvalue weighted by molar-refractivity contribution is 6.30. The lowest BCUT2D eigenvalue weighted by atomic mass is 10.1. The number of pyridine rings is 1. The number of aromatic nitrogens is 3. The molecule has 0 aliphatic carbocycles. The van der Waals surface area contributed by atoms with E-state index in [-0.39, 0.29) is 34.5 Å². The van der Waals surface area contributed by atoms with Crippen molar-refractivity contribution in [3.8, 4) is 34.1 Å². The van der Waals surface area contributed by atoms with Gasteiger partial charge in [-0.05, 0) is 42.5 Å². The zero-order valence-electron chi connectivity index (χ0n) is 17.0. The smallest absolute Gasteiger partial charge is 0.387 e. The molecule has 1 aliphatic heterocycles. The van der Waals surface area contributed by atoms with E-state index < -0.39 is 18.2 Å². The number of hydrogen-bond donors (Lipinski definition) is 1. The molecule has 2 aromatic heterocycles. The van der Waals surface area contributed by atoms with Crippen LogP contribution in [-0.4, -0.2) is 27.3 Å². The minimum atomic E-state index is -3.15. The number of rotatable bonds is 5. The van der Waals surface area contributed by atoms with Crippen molar-refractivity contribution in [1.29, 1.82) is 0 Å². The van der Waals surface area contributed by atoms with Gasteiger partial charge in [-0.1, -0.05) is 11.6 Å². The zero-order valence-corrected chi connectivity index (χ0v) is 17.8. The second-order valence-electron chi connectivity index (χ2n) is 7.35. The van der Waals surface area contributed by atoms with E-state index in [2.05, 4.69) is 20.1 Å². The molecule has 0 atom stereocenters. The first kappa shape index (κ1) is 21.9. The Morgan fingerprint density at radius 2 is 1.91 bits per heavy atom.